The molecule has 1 heterocycles. The van der Waals surface area contributed by atoms with E-state index in [9.17, 15) is 9.59 Å². The SMILES string of the molecule is C=CCOC(=O)c1cc2cc(C(C)P(NC(C)C(=O)OCCC)Oc3ccccc3)ccc2s1. The van der Waals surface area contributed by atoms with Crippen LogP contribution in [0.15, 0.2) is 67.3 Å². The van der Waals surface area contributed by atoms with Crippen molar-refractivity contribution in [2.75, 3.05) is 13.2 Å². The predicted octanol–water partition coefficient (Wildman–Crippen LogP) is 6.63. The van der Waals surface area contributed by atoms with Crippen molar-refractivity contribution in [2.45, 2.75) is 38.9 Å². The van der Waals surface area contributed by atoms with Crippen LogP contribution in [0.2, 0.25) is 0 Å². The first-order chi connectivity index (χ1) is 16.4. The third-order valence-electron chi connectivity index (χ3n) is 4.98. The van der Waals surface area contributed by atoms with Gasteiger partial charge in [0, 0.05) is 4.70 Å². The average molecular weight is 500 g/mol. The normalized spacial score (nSPS) is 13.6. The Morgan fingerprint density at radius 3 is 2.59 bits per heavy atom. The number of nitrogens with one attached hydrogen (secondary N) is 1. The van der Waals surface area contributed by atoms with Crippen molar-refractivity contribution in [3.05, 3.63) is 77.7 Å². The van der Waals surface area contributed by atoms with Crippen LogP contribution in [-0.4, -0.2) is 31.2 Å². The van der Waals surface area contributed by atoms with Gasteiger partial charge < -0.3 is 14.0 Å². The Morgan fingerprint density at radius 2 is 1.88 bits per heavy atom. The summed E-state index contributed by atoms with van der Waals surface area (Å²) in [5, 5.41) is 4.32. The van der Waals surface area contributed by atoms with E-state index in [1.165, 1.54) is 11.3 Å². The van der Waals surface area contributed by atoms with Gasteiger partial charge in [0.05, 0.1) is 12.3 Å². The fourth-order valence-corrected chi connectivity index (χ4v) is 5.79. The standard InChI is InChI=1S/C26H30NO5PS/c1-5-14-30-25(28)18(3)27-33(32-22-10-8-7-9-11-22)19(4)20-12-13-23-21(16-20)17-24(34-23)26(29)31-15-6-2/h6-13,16-19,27H,2,5,14-15H2,1,3-4H3. The Labute approximate surface area is 205 Å². The maximum atomic E-state index is 12.4. The highest BCUT2D eigenvalue weighted by molar-refractivity contribution is 7.51. The highest BCUT2D eigenvalue weighted by atomic mass is 32.1. The fourth-order valence-electron chi connectivity index (χ4n) is 3.15. The summed E-state index contributed by atoms with van der Waals surface area (Å²) >= 11 is 1.40. The van der Waals surface area contributed by atoms with Crippen molar-refractivity contribution in [1.82, 2.24) is 5.09 Å². The van der Waals surface area contributed by atoms with Gasteiger partial charge in [-0.25, -0.2) is 9.88 Å². The molecule has 0 saturated carbocycles. The van der Waals surface area contributed by atoms with Gasteiger partial charge in [-0.15, -0.1) is 11.3 Å². The minimum Gasteiger partial charge on any atom is -0.465 e. The molecule has 3 aromatic rings. The van der Waals surface area contributed by atoms with Crippen molar-refractivity contribution in [1.29, 1.82) is 0 Å². The van der Waals surface area contributed by atoms with Crippen LogP contribution in [0, 0.1) is 0 Å². The number of rotatable bonds is 12. The van der Waals surface area contributed by atoms with E-state index < -0.39 is 14.3 Å². The lowest BCUT2D eigenvalue weighted by Crippen LogP contribution is -2.34. The van der Waals surface area contributed by atoms with Crippen LogP contribution in [0.3, 0.4) is 0 Å². The summed E-state index contributed by atoms with van der Waals surface area (Å²) in [5.41, 5.74) is 0.997. The van der Waals surface area contributed by atoms with Crippen LogP contribution in [0.1, 0.15) is 48.1 Å². The average Bonchev–Trinajstić information content (AvgIpc) is 3.29. The Balaban J connectivity index is 1.83. The first-order valence-corrected chi connectivity index (χ1v) is 13.3. The Morgan fingerprint density at radius 1 is 1.12 bits per heavy atom. The summed E-state index contributed by atoms with van der Waals surface area (Å²) in [6, 6.07) is 17.0. The van der Waals surface area contributed by atoms with E-state index in [1.807, 2.05) is 55.5 Å². The van der Waals surface area contributed by atoms with E-state index >= 15 is 0 Å². The van der Waals surface area contributed by atoms with Crippen LogP contribution in [0.4, 0.5) is 0 Å². The molecule has 0 aliphatic carbocycles. The summed E-state index contributed by atoms with van der Waals surface area (Å²) in [4.78, 5) is 25.2. The van der Waals surface area contributed by atoms with E-state index in [2.05, 4.69) is 24.7 Å². The lowest BCUT2D eigenvalue weighted by atomic mass is 10.1. The Bertz CT molecular complexity index is 1120. The largest absolute Gasteiger partial charge is 0.465 e. The van der Waals surface area contributed by atoms with Gasteiger partial charge in [0.25, 0.3) is 0 Å². The first-order valence-electron chi connectivity index (χ1n) is 11.2. The lowest BCUT2D eigenvalue weighted by molar-refractivity contribution is -0.145. The third kappa shape index (κ3) is 6.89. The number of carbonyl (C=O) groups excluding carboxylic acids is 2. The molecule has 3 atom stereocenters. The van der Waals surface area contributed by atoms with Gasteiger partial charge in [-0.1, -0.05) is 43.8 Å². The summed E-state index contributed by atoms with van der Waals surface area (Å²) in [6.07, 6.45) is 2.32. The van der Waals surface area contributed by atoms with Gasteiger partial charge in [-0.2, -0.15) is 0 Å². The van der Waals surface area contributed by atoms with Crippen molar-refractivity contribution in [2.24, 2.45) is 0 Å². The van der Waals surface area contributed by atoms with Gasteiger partial charge in [0.15, 0.2) is 8.30 Å². The molecule has 0 spiro atoms. The number of benzene rings is 2. The van der Waals surface area contributed by atoms with Crippen molar-refractivity contribution in [3.63, 3.8) is 0 Å². The number of para-hydroxylation sites is 1. The molecular formula is C26H30NO5PS. The number of hydrogen-bond donors (Lipinski definition) is 1. The smallest absolute Gasteiger partial charge is 0.348 e. The second-order valence-corrected chi connectivity index (χ2v) is 10.7. The highest BCUT2D eigenvalue weighted by Crippen LogP contribution is 2.49. The second-order valence-electron chi connectivity index (χ2n) is 7.72. The van der Waals surface area contributed by atoms with Crippen LogP contribution in [0.25, 0.3) is 10.1 Å². The molecule has 0 aliphatic rings. The van der Waals surface area contributed by atoms with Crippen LogP contribution in [0.5, 0.6) is 5.75 Å². The Kier molecular flexibility index (Phi) is 9.63. The topological polar surface area (TPSA) is 73.9 Å². The minimum absolute atomic E-state index is 0.0444. The van der Waals surface area contributed by atoms with E-state index in [0.29, 0.717) is 11.5 Å². The van der Waals surface area contributed by atoms with Gasteiger partial charge in [-0.05, 0) is 61.5 Å². The lowest BCUT2D eigenvalue weighted by Gasteiger charge is -2.28. The summed E-state index contributed by atoms with van der Waals surface area (Å²) < 4.78 is 17.8. The maximum absolute atomic E-state index is 12.4. The van der Waals surface area contributed by atoms with Gasteiger partial charge >= 0.3 is 11.9 Å². The van der Waals surface area contributed by atoms with Crippen molar-refractivity contribution < 1.29 is 23.6 Å². The molecule has 2 aromatic carbocycles. The molecule has 3 unspecified atom stereocenters. The zero-order chi connectivity index (χ0) is 24.5. The number of carbonyl (C=O) groups is 2. The Hall–Kier alpha value is -2.73. The summed E-state index contributed by atoms with van der Waals surface area (Å²) in [7, 11) is -1.28. The van der Waals surface area contributed by atoms with E-state index in [1.54, 1.807) is 13.0 Å². The number of fused-ring (bicyclic) bond motifs is 1. The third-order valence-corrected chi connectivity index (χ3v) is 8.12. The number of esters is 2. The first kappa shape index (κ1) is 25.9. The van der Waals surface area contributed by atoms with Crippen LogP contribution < -0.4 is 9.61 Å². The number of thiophene rings is 1. The molecule has 0 aliphatic heterocycles. The summed E-state index contributed by atoms with van der Waals surface area (Å²) in [6.45, 7) is 9.97. The fraction of sp³-hybridized carbons (Fsp3) is 0.308. The highest BCUT2D eigenvalue weighted by Gasteiger charge is 2.27. The van der Waals surface area contributed by atoms with Crippen LogP contribution >= 0.6 is 19.6 Å². The molecule has 6 nitrogen and oxygen atoms in total. The molecule has 0 bridgehead atoms. The molecule has 180 valence electrons. The van der Waals surface area contributed by atoms with Gasteiger partial charge in [0.2, 0.25) is 0 Å². The van der Waals surface area contributed by atoms with E-state index in [-0.39, 0.29) is 24.2 Å². The zero-order valence-electron chi connectivity index (χ0n) is 19.7. The molecule has 1 N–H and O–H groups in total. The monoisotopic (exact) mass is 499 g/mol. The summed E-state index contributed by atoms with van der Waals surface area (Å²) in [5.74, 6) is 0.0755. The number of ether oxygens (including phenoxy) is 2. The maximum Gasteiger partial charge on any atom is 0.348 e. The molecule has 0 amide bonds. The van der Waals surface area contributed by atoms with Gasteiger partial charge in [-0.3, -0.25) is 4.79 Å². The van der Waals surface area contributed by atoms with Crippen molar-refractivity contribution in [3.8, 4) is 5.75 Å². The molecule has 0 saturated heterocycles. The molecular weight excluding hydrogens is 469 g/mol. The van der Waals surface area contributed by atoms with Crippen molar-refractivity contribution >= 4 is 41.7 Å². The van der Waals surface area contributed by atoms with Crippen LogP contribution in [-0.2, 0) is 14.3 Å². The molecule has 0 radical (unpaired) electrons. The van der Waals surface area contributed by atoms with E-state index in [0.717, 1.165) is 27.8 Å². The molecule has 1 aromatic heterocycles. The molecule has 0 fully saturated rings. The predicted molar refractivity (Wildman–Crippen MR) is 139 cm³/mol. The zero-order valence-corrected chi connectivity index (χ0v) is 21.4. The second kappa shape index (κ2) is 12.7. The minimum atomic E-state index is -1.28. The van der Waals surface area contributed by atoms with Gasteiger partial charge in [0.1, 0.15) is 23.3 Å². The molecule has 3 rings (SSSR count). The quantitative estimate of drug-likeness (QED) is 0.171. The molecule has 34 heavy (non-hydrogen) atoms. The molecule has 8 heteroatoms. The number of hydrogen-bond acceptors (Lipinski definition) is 7. The van der Waals surface area contributed by atoms with E-state index in [4.69, 9.17) is 14.0 Å².